The molecule has 0 aliphatic heterocycles. The Bertz CT molecular complexity index is 786. The zero-order chi connectivity index (χ0) is 26.4. The molecule has 0 aliphatic carbocycles. The van der Waals surface area contributed by atoms with Crippen LogP contribution in [0.1, 0.15) is 37.7 Å². The first kappa shape index (κ1) is 31.0. The van der Waals surface area contributed by atoms with Gasteiger partial charge in [0.05, 0.1) is 45.0 Å². The molecule has 1 aromatic carbocycles. The fraction of sp³-hybridized carbons (Fsp3) is 0.519. The van der Waals surface area contributed by atoms with Crippen molar-refractivity contribution < 1.29 is 33.7 Å². The van der Waals surface area contributed by atoms with Gasteiger partial charge in [-0.3, -0.25) is 14.4 Å². The molecule has 36 heavy (non-hydrogen) atoms. The van der Waals surface area contributed by atoms with Gasteiger partial charge in [-0.15, -0.1) is 13.2 Å². The highest BCUT2D eigenvalue weighted by atomic mass is 16.5. The van der Waals surface area contributed by atoms with Crippen molar-refractivity contribution >= 4 is 17.8 Å². The number of allylic oxidation sites excluding steroid dienone is 2. The summed E-state index contributed by atoms with van der Waals surface area (Å²) < 4.78 is 16.2. The number of unbranched alkanes of at least 4 members (excludes halogenated alkanes) is 1. The Morgan fingerprint density at radius 2 is 1.81 bits per heavy atom. The van der Waals surface area contributed by atoms with Gasteiger partial charge in [0, 0.05) is 19.4 Å². The van der Waals surface area contributed by atoms with Gasteiger partial charge in [0.2, 0.25) is 11.8 Å². The Hall–Kier alpha value is -3.01. The first-order chi connectivity index (χ1) is 17.5. The summed E-state index contributed by atoms with van der Waals surface area (Å²) in [5.41, 5.74) is 0.980. The SMILES string of the molecule is C=CCCCC(=O)OC[C@H](COCc1ccccc1)NC(=O)[C@H](CC=C)CC(=O)NCCOCCO. The van der Waals surface area contributed by atoms with E-state index in [1.807, 2.05) is 30.3 Å². The number of aliphatic hydroxyl groups is 1. The van der Waals surface area contributed by atoms with Crippen molar-refractivity contribution in [3.63, 3.8) is 0 Å². The Morgan fingerprint density at radius 3 is 2.50 bits per heavy atom. The summed E-state index contributed by atoms with van der Waals surface area (Å²) in [6, 6.07) is 9.02. The molecule has 0 fully saturated rings. The van der Waals surface area contributed by atoms with Gasteiger partial charge in [0.15, 0.2) is 0 Å². The molecule has 0 spiro atoms. The minimum atomic E-state index is -0.638. The number of nitrogens with one attached hydrogen (secondary N) is 2. The summed E-state index contributed by atoms with van der Waals surface area (Å²) in [7, 11) is 0. The van der Waals surface area contributed by atoms with Crippen molar-refractivity contribution in [3.8, 4) is 0 Å². The Balaban J connectivity index is 2.65. The zero-order valence-corrected chi connectivity index (χ0v) is 21.0. The summed E-state index contributed by atoms with van der Waals surface area (Å²) in [5, 5.41) is 14.3. The molecule has 9 nitrogen and oxygen atoms in total. The van der Waals surface area contributed by atoms with Crippen LogP contribution in [0.25, 0.3) is 0 Å². The van der Waals surface area contributed by atoms with E-state index in [2.05, 4.69) is 23.8 Å². The molecule has 3 N–H and O–H groups in total. The molecule has 0 unspecified atom stereocenters. The standard InChI is InChI=1S/C27H40N2O7/c1-3-5-7-13-26(32)36-21-24(20-35-19-22-11-8-6-9-12-22)29-27(33)23(10-4-2)18-25(31)28-14-16-34-17-15-30/h3-4,6,8-9,11-12,23-24,30H,1-2,5,7,10,13-21H2,(H,28,31)(H,29,33)/t23-,24+/m1/s1. The molecule has 0 aliphatic rings. The lowest BCUT2D eigenvalue weighted by molar-refractivity contribution is -0.146. The topological polar surface area (TPSA) is 123 Å². The molecule has 2 amide bonds. The van der Waals surface area contributed by atoms with Crippen LogP contribution in [0, 0.1) is 5.92 Å². The van der Waals surface area contributed by atoms with Crippen LogP contribution in [0.4, 0.5) is 0 Å². The van der Waals surface area contributed by atoms with Crippen LogP contribution in [0.3, 0.4) is 0 Å². The molecule has 1 aromatic rings. The quantitative estimate of drug-likeness (QED) is 0.133. The van der Waals surface area contributed by atoms with Crippen LogP contribution >= 0.6 is 0 Å². The molecule has 0 bridgehead atoms. The van der Waals surface area contributed by atoms with Gasteiger partial charge in [0.25, 0.3) is 0 Å². The fourth-order valence-electron chi connectivity index (χ4n) is 3.21. The summed E-state index contributed by atoms with van der Waals surface area (Å²) >= 11 is 0. The van der Waals surface area contributed by atoms with E-state index in [1.54, 1.807) is 12.2 Å². The average molecular weight is 505 g/mol. The second kappa shape index (κ2) is 20.2. The normalized spacial score (nSPS) is 12.2. The lowest BCUT2D eigenvalue weighted by Crippen LogP contribution is -2.45. The Morgan fingerprint density at radius 1 is 1.03 bits per heavy atom. The number of esters is 1. The van der Waals surface area contributed by atoms with Crippen molar-refractivity contribution in [2.24, 2.45) is 5.92 Å². The first-order valence-corrected chi connectivity index (χ1v) is 12.2. The number of ether oxygens (including phenoxy) is 3. The van der Waals surface area contributed by atoms with Gasteiger partial charge in [-0.25, -0.2) is 0 Å². The molecule has 9 heteroatoms. The van der Waals surface area contributed by atoms with Gasteiger partial charge in [-0.05, 0) is 24.8 Å². The van der Waals surface area contributed by atoms with Gasteiger partial charge in [-0.1, -0.05) is 42.5 Å². The number of carbonyl (C=O) groups excluding carboxylic acids is 3. The number of amides is 2. The van der Waals surface area contributed by atoms with E-state index in [1.165, 1.54) is 0 Å². The number of carbonyl (C=O) groups is 3. The lowest BCUT2D eigenvalue weighted by atomic mass is 9.99. The summed E-state index contributed by atoms with van der Waals surface area (Å²) in [6.07, 6.45) is 5.22. The Labute approximate surface area is 213 Å². The van der Waals surface area contributed by atoms with Gasteiger partial charge in [0.1, 0.15) is 6.61 Å². The van der Waals surface area contributed by atoms with E-state index in [9.17, 15) is 14.4 Å². The highest BCUT2D eigenvalue weighted by molar-refractivity contribution is 5.86. The van der Waals surface area contributed by atoms with E-state index in [4.69, 9.17) is 19.3 Å². The van der Waals surface area contributed by atoms with Crippen LogP contribution in [0.2, 0.25) is 0 Å². The smallest absolute Gasteiger partial charge is 0.305 e. The Kier molecular flexibility index (Phi) is 17.4. The van der Waals surface area contributed by atoms with Gasteiger partial charge in [-0.2, -0.15) is 0 Å². The summed E-state index contributed by atoms with van der Waals surface area (Å²) in [4.78, 5) is 37.3. The van der Waals surface area contributed by atoms with Crippen molar-refractivity contribution in [2.75, 3.05) is 39.6 Å². The summed E-state index contributed by atoms with van der Waals surface area (Å²) in [5.74, 6) is -1.64. The van der Waals surface area contributed by atoms with E-state index in [-0.39, 0.29) is 70.2 Å². The molecule has 2 atom stereocenters. The molecular formula is C27H40N2O7. The maximum Gasteiger partial charge on any atom is 0.305 e. The fourth-order valence-corrected chi connectivity index (χ4v) is 3.21. The van der Waals surface area contributed by atoms with E-state index < -0.39 is 12.0 Å². The van der Waals surface area contributed by atoms with Crippen molar-refractivity contribution in [1.29, 1.82) is 0 Å². The maximum atomic E-state index is 13.0. The predicted octanol–water partition coefficient (Wildman–Crippen LogP) is 2.30. The lowest BCUT2D eigenvalue weighted by Gasteiger charge is -2.22. The third-order valence-corrected chi connectivity index (χ3v) is 5.07. The monoisotopic (exact) mass is 504 g/mol. The van der Waals surface area contributed by atoms with Crippen LogP contribution in [0.5, 0.6) is 0 Å². The van der Waals surface area contributed by atoms with E-state index in [0.717, 1.165) is 5.56 Å². The third kappa shape index (κ3) is 15.1. The molecule has 200 valence electrons. The highest BCUT2D eigenvalue weighted by Gasteiger charge is 2.24. The van der Waals surface area contributed by atoms with Crippen LogP contribution in [0.15, 0.2) is 55.6 Å². The average Bonchev–Trinajstić information content (AvgIpc) is 2.87. The highest BCUT2D eigenvalue weighted by Crippen LogP contribution is 2.11. The molecule has 0 radical (unpaired) electrons. The van der Waals surface area contributed by atoms with Crippen molar-refractivity contribution in [2.45, 2.75) is 44.8 Å². The minimum absolute atomic E-state index is 0.0310. The molecular weight excluding hydrogens is 464 g/mol. The third-order valence-electron chi connectivity index (χ3n) is 5.07. The molecule has 0 saturated carbocycles. The van der Waals surface area contributed by atoms with Crippen molar-refractivity contribution in [1.82, 2.24) is 10.6 Å². The molecule has 0 heterocycles. The minimum Gasteiger partial charge on any atom is -0.463 e. The maximum absolute atomic E-state index is 13.0. The van der Waals surface area contributed by atoms with Crippen molar-refractivity contribution in [3.05, 3.63) is 61.2 Å². The first-order valence-electron chi connectivity index (χ1n) is 12.2. The van der Waals surface area contributed by atoms with E-state index in [0.29, 0.717) is 25.9 Å². The second-order valence-corrected chi connectivity index (χ2v) is 8.18. The number of benzene rings is 1. The molecule has 0 aromatic heterocycles. The van der Waals surface area contributed by atoms with E-state index >= 15 is 0 Å². The molecule has 1 rings (SSSR count). The predicted molar refractivity (Wildman–Crippen MR) is 137 cm³/mol. The van der Waals surface area contributed by atoms with Crippen LogP contribution < -0.4 is 10.6 Å². The number of rotatable bonds is 21. The number of hydrogen-bond acceptors (Lipinski definition) is 7. The zero-order valence-electron chi connectivity index (χ0n) is 21.0. The van der Waals surface area contributed by atoms with Crippen LogP contribution in [-0.2, 0) is 35.2 Å². The largest absolute Gasteiger partial charge is 0.463 e. The number of hydrogen-bond donors (Lipinski definition) is 3. The second-order valence-electron chi connectivity index (χ2n) is 8.18. The summed E-state index contributed by atoms with van der Waals surface area (Å²) in [6.45, 7) is 8.42. The van der Waals surface area contributed by atoms with Gasteiger partial charge < -0.3 is 30.0 Å². The van der Waals surface area contributed by atoms with Gasteiger partial charge >= 0.3 is 5.97 Å². The number of aliphatic hydroxyl groups excluding tert-OH is 1. The molecule has 0 saturated heterocycles. The van der Waals surface area contributed by atoms with Crippen LogP contribution in [-0.4, -0.2) is 68.5 Å².